The highest BCUT2D eigenvalue weighted by Gasteiger charge is 2.30. The topological polar surface area (TPSA) is 50.1 Å². The lowest BCUT2D eigenvalue weighted by Gasteiger charge is -2.18. The third kappa shape index (κ3) is 3.80. The number of aliphatic hydroxyl groups excluding tert-OH is 1. The zero-order valence-corrected chi connectivity index (χ0v) is 17.6. The molecule has 7 heteroatoms. The highest BCUT2D eigenvalue weighted by molar-refractivity contribution is 6.35. The van der Waals surface area contributed by atoms with Gasteiger partial charge >= 0.3 is 0 Å². The van der Waals surface area contributed by atoms with E-state index >= 15 is 0 Å². The first-order chi connectivity index (χ1) is 13.4. The molecule has 146 valence electrons. The summed E-state index contributed by atoms with van der Waals surface area (Å²) in [4.78, 5) is 0. The first kappa shape index (κ1) is 19.7. The first-order valence-electron chi connectivity index (χ1n) is 9.09. The highest BCUT2D eigenvalue weighted by Crippen LogP contribution is 2.32. The molecule has 28 heavy (non-hydrogen) atoms. The minimum absolute atomic E-state index is 0.110. The Bertz CT molecular complexity index is 1020. The van der Waals surface area contributed by atoms with Crippen molar-refractivity contribution in [3.63, 3.8) is 0 Å². The van der Waals surface area contributed by atoms with E-state index in [2.05, 4.69) is 22.5 Å². The van der Waals surface area contributed by atoms with Gasteiger partial charge in [0.05, 0.1) is 24.4 Å². The van der Waals surface area contributed by atoms with Crippen LogP contribution in [0.4, 0.5) is 0 Å². The molecular formula is C21H20Cl3N3O. The Morgan fingerprint density at radius 2 is 1.96 bits per heavy atom. The van der Waals surface area contributed by atoms with Crippen LogP contribution in [0.1, 0.15) is 34.0 Å². The number of aliphatic hydroxyl groups is 1. The second kappa shape index (κ2) is 8.05. The van der Waals surface area contributed by atoms with Crippen LogP contribution in [-0.4, -0.2) is 21.0 Å². The van der Waals surface area contributed by atoms with Crippen molar-refractivity contribution in [3.8, 4) is 0 Å². The lowest BCUT2D eigenvalue weighted by molar-refractivity contribution is 0.140. The standard InChI is InChI=1S/C21H20Cl3N3O/c1-12-17(10-25-20-16-5-3-2-4-13(16)8-19(20)28)21(24)27(26-12)11-14-6-7-15(22)9-18(14)23/h2-7,9,19-20,25,28H,8,10-11H2,1H3/t19-,20+/m1/s1. The molecule has 1 aromatic heterocycles. The van der Waals surface area contributed by atoms with Crippen LogP contribution in [0.5, 0.6) is 0 Å². The fourth-order valence-electron chi connectivity index (χ4n) is 3.74. The Labute approximate surface area is 179 Å². The lowest BCUT2D eigenvalue weighted by Crippen LogP contribution is -2.28. The van der Waals surface area contributed by atoms with E-state index in [0.29, 0.717) is 34.7 Å². The van der Waals surface area contributed by atoms with Gasteiger partial charge in [-0.1, -0.05) is 65.1 Å². The van der Waals surface area contributed by atoms with Crippen molar-refractivity contribution in [2.24, 2.45) is 0 Å². The Morgan fingerprint density at radius 1 is 1.18 bits per heavy atom. The summed E-state index contributed by atoms with van der Waals surface area (Å²) in [7, 11) is 0. The average molecular weight is 437 g/mol. The van der Waals surface area contributed by atoms with Gasteiger partial charge in [-0.3, -0.25) is 0 Å². The summed E-state index contributed by atoms with van der Waals surface area (Å²) >= 11 is 18.9. The van der Waals surface area contributed by atoms with Gasteiger partial charge in [-0.05, 0) is 35.7 Å². The molecule has 0 saturated carbocycles. The first-order valence-corrected chi connectivity index (χ1v) is 10.2. The quantitative estimate of drug-likeness (QED) is 0.595. The molecule has 0 amide bonds. The molecule has 4 rings (SSSR count). The predicted octanol–water partition coefficient (Wildman–Crippen LogP) is 4.95. The van der Waals surface area contributed by atoms with Gasteiger partial charge in [0.1, 0.15) is 5.15 Å². The second-order valence-electron chi connectivity index (χ2n) is 7.08. The number of hydrogen-bond acceptors (Lipinski definition) is 3. The minimum atomic E-state index is -0.445. The fourth-order valence-corrected chi connectivity index (χ4v) is 4.51. The molecule has 2 atom stereocenters. The summed E-state index contributed by atoms with van der Waals surface area (Å²) in [6, 6.07) is 13.4. The van der Waals surface area contributed by atoms with Crippen molar-refractivity contribution >= 4 is 34.8 Å². The minimum Gasteiger partial charge on any atom is -0.391 e. The van der Waals surface area contributed by atoms with E-state index < -0.39 is 6.10 Å². The van der Waals surface area contributed by atoms with E-state index in [-0.39, 0.29) is 6.04 Å². The number of rotatable bonds is 5. The van der Waals surface area contributed by atoms with Gasteiger partial charge in [-0.15, -0.1) is 0 Å². The van der Waals surface area contributed by atoms with Crippen LogP contribution in [0.25, 0.3) is 0 Å². The number of aromatic nitrogens is 2. The van der Waals surface area contributed by atoms with Gasteiger partial charge in [-0.2, -0.15) is 5.10 Å². The molecule has 0 bridgehead atoms. The summed E-state index contributed by atoms with van der Waals surface area (Å²) in [6.45, 7) is 2.92. The van der Waals surface area contributed by atoms with E-state index in [1.54, 1.807) is 16.8 Å². The van der Waals surface area contributed by atoms with Crippen molar-refractivity contribution < 1.29 is 5.11 Å². The molecule has 0 aliphatic heterocycles. The Kier molecular flexibility index (Phi) is 5.68. The Balaban J connectivity index is 1.52. The highest BCUT2D eigenvalue weighted by atomic mass is 35.5. The van der Waals surface area contributed by atoms with Crippen LogP contribution in [0.3, 0.4) is 0 Å². The molecule has 2 N–H and O–H groups in total. The lowest BCUT2D eigenvalue weighted by atomic mass is 10.1. The van der Waals surface area contributed by atoms with Crippen molar-refractivity contribution in [2.45, 2.75) is 38.6 Å². The van der Waals surface area contributed by atoms with E-state index in [0.717, 1.165) is 22.4 Å². The zero-order valence-electron chi connectivity index (χ0n) is 15.3. The van der Waals surface area contributed by atoms with Gasteiger partial charge in [-0.25, -0.2) is 4.68 Å². The average Bonchev–Trinajstić information content (AvgIpc) is 3.11. The second-order valence-corrected chi connectivity index (χ2v) is 8.28. The van der Waals surface area contributed by atoms with Gasteiger partial charge < -0.3 is 10.4 Å². The molecule has 0 radical (unpaired) electrons. The Morgan fingerprint density at radius 3 is 2.75 bits per heavy atom. The summed E-state index contributed by atoms with van der Waals surface area (Å²) < 4.78 is 1.74. The van der Waals surface area contributed by atoms with E-state index in [1.165, 1.54) is 5.56 Å². The maximum Gasteiger partial charge on any atom is 0.132 e. The van der Waals surface area contributed by atoms with Gasteiger partial charge in [0.25, 0.3) is 0 Å². The van der Waals surface area contributed by atoms with Crippen LogP contribution in [0.2, 0.25) is 15.2 Å². The Hall–Kier alpha value is -1.56. The van der Waals surface area contributed by atoms with Crippen LogP contribution < -0.4 is 5.32 Å². The van der Waals surface area contributed by atoms with Crippen molar-refractivity contribution in [1.29, 1.82) is 0 Å². The molecule has 0 saturated heterocycles. The number of nitrogens with zero attached hydrogens (tertiary/aromatic N) is 2. The number of fused-ring (bicyclic) bond motifs is 1. The number of nitrogens with one attached hydrogen (secondary N) is 1. The molecule has 2 aromatic carbocycles. The van der Waals surface area contributed by atoms with Gasteiger partial charge in [0.15, 0.2) is 0 Å². The summed E-state index contributed by atoms with van der Waals surface area (Å²) in [6.07, 6.45) is 0.217. The molecule has 1 aliphatic carbocycles. The molecule has 1 aliphatic rings. The number of benzene rings is 2. The van der Waals surface area contributed by atoms with Crippen LogP contribution in [-0.2, 0) is 19.5 Å². The van der Waals surface area contributed by atoms with Crippen molar-refractivity contribution in [2.75, 3.05) is 0 Å². The van der Waals surface area contributed by atoms with Crippen LogP contribution in [0.15, 0.2) is 42.5 Å². The van der Waals surface area contributed by atoms with Crippen LogP contribution in [0, 0.1) is 6.92 Å². The largest absolute Gasteiger partial charge is 0.391 e. The monoisotopic (exact) mass is 435 g/mol. The predicted molar refractivity (Wildman–Crippen MR) is 113 cm³/mol. The van der Waals surface area contributed by atoms with Gasteiger partial charge in [0, 0.05) is 28.6 Å². The number of hydrogen-bond donors (Lipinski definition) is 2. The third-order valence-electron chi connectivity index (χ3n) is 5.22. The maximum atomic E-state index is 10.4. The fraction of sp³-hybridized carbons (Fsp3) is 0.286. The van der Waals surface area contributed by atoms with Crippen molar-refractivity contribution in [1.82, 2.24) is 15.1 Å². The third-order valence-corrected chi connectivity index (χ3v) is 6.23. The van der Waals surface area contributed by atoms with E-state index in [1.807, 2.05) is 25.1 Å². The SMILES string of the molecule is Cc1nn(Cc2ccc(Cl)cc2Cl)c(Cl)c1CN[C@H]1c2ccccc2C[C@H]1O. The summed E-state index contributed by atoms with van der Waals surface area (Å²) in [5.41, 5.74) is 4.99. The maximum absolute atomic E-state index is 10.4. The molecule has 0 fully saturated rings. The van der Waals surface area contributed by atoms with E-state index in [4.69, 9.17) is 34.8 Å². The van der Waals surface area contributed by atoms with Crippen molar-refractivity contribution in [3.05, 3.63) is 85.6 Å². The normalized spacial score (nSPS) is 18.5. The molecular weight excluding hydrogens is 417 g/mol. The molecule has 3 aromatic rings. The summed E-state index contributed by atoms with van der Waals surface area (Å²) in [5, 5.41) is 20.2. The molecule has 1 heterocycles. The molecule has 0 spiro atoms. The van der Waals surface area contributed by atoms with Gasteiger partial charge in [0.2, 0.25) is 0 Å². The zero-order chi connectivity index (χ0) is 19.8. The van der Waals surface area contributed by atoms with E-state index in [9.17, 15) is 5.11 Å². The smallest absolute Gasteiger partial charge is 0.132 e. The van der Waals surface area contributed by atoms with Crippen LogP contribution >= 0.6 is 34.8 Å². The molecule has 0 unspecified atom stereocenters. The number of aryl methyl sites for hydroxylation is 1. The molecule has 4 nitrogen and oxygen atoms in total. The summed E-state index contributed by atoms with van der Waals surface area (Å²) in [5.74, 6) is 0. The number of halogens is 3.